The van der Waals surface area contributed by atoms with E-state index in [9.17, 15) is 4.79 Å². The van der Waals surface area contributed by atoms with Crippen LogP contribution in [-0.4, -0.2) is 17.6 Å². The highest BCUT2D eigenvalue weighted by atomic mass is 16.5. The molecule has 0 aliphatic rings. The number of carbonyl (C=O) groups excluding carboxylic acids is 1. The number of oxazole rings is 1. The maximum absolute atomic E-state index is 11.3. The number of carbonyl (C=O) groups is 1. The number of esters is 1. The van der Waals surface area contributed by atoms with Crippen molar-refractivity contribution in [3.63, 3.8) is 0 Å². The van der Waals surface area contributed by atoms with Crippen LogP contribution in [0.25, 0.3) is 0 Å². The van der Waals surface area contributed by atoms with Crippen molar-refractivity contribution in [2.45, 2.75) is 26.8 Å². The molecule has 0 aromatic carbocycles. The molecular weight excluding hydrogens is 184 g/mol. The van der Waals surface area contributed by atoms with Crippen LogP contribution < -0.4 is 5.73 Å². The molecule has 1 heterocycles. The molecule has 0 saturated heterocycles. The molecule has 0 fully saturated rings. The molecule has 1 rings (SSSR count). The second kappa shape index (κ2) is 4.23. The third-order valence-electron chi connectivity index (χ3n) is 1.66. The van der Waals surface area contributed by atoms with E-state index in [2.05, 4.69) is 4.98 Å². The second-order valence-electron chi connectivity index (χ2n) is 2.98. The first-order valence-electron chi connectivity index (χ1n) is 4.46. The SMILES string of the molecule is CCOC(=O)c1oc(C(C)N)nc1C. The molecule has 0 aliphatic heterocycles. The van der Waals surface area contributed by atoms with Crippen LogP contribution in [0, 0.1) is 6.92 Å². The van der Waals surface area contributed by atoms with Gasteiger partial charge >= 0.3 is 5.97 Å². The van der Waals surface area contributed by atoms with Gasteiger partial charge in [-0.3, -0.25) is 0 Å². The minimum absolute atomic E-state index is 0.138. The Morgan fingerprint density at radius 1 is 1.71 bits per heavy atom. The highest BCUT2D eigenvalue weighted by Crippen LogP contribution is 2.15. The minimum atomic E-state index is -0.496. The average Bonchev–Trinajstić information content (AvgIpc) is 2.48. The number of aromatic nitrogens is 1. The largest absolute Gasteiger partial charge is 0.460 e. The molecule has 14 heavy (non-hydrogen) atoms. The summed E-state index contributed by atoms with van der Waals surface area (Å²) in [6, 6.07) is -0.322. The lowest BCUT2D eigenvalue weighted by Crippen LogP contribution is -2.05. The molecular formula is C9H14N2O3. The van der Waals surface area contributed by atoms with E-state index in [0.717, 1.165) is 0 Å². The van der Waals surface area contributed by atoms with Crippen molar-refractivity contribution in [1.82, 2.24) is 4.98 Å². The van der Waals surface area contributed by atoms with Crippen LogP contribution in [0.5, 0.6) is 0 Å². The summed E-state index contributed by atoms with van der Waals surface area (Å²) >= 11 is 0. The van der Waals surface area contributed by atoms with Crippen LogP contribution in [0.2, 0.25) is 0 Å². The monoisotopic (exact) mass is 198 g/mol. The van der Waals surface area contributed by atoms with Crippen LogP contribution in [0.15, 0.2) is 4.42 Å². The maximum Gasteiger partial charge on any atom is 0.376 e. The zero-order chi connectivity index (χ0) is 10.7. The fraction of sp³-hybridized carbons (Fsp3) is 0.556. The topological polar surface area (TPSA) is 78.3 Å². The van der Waals surface area contributed by atoms with E-state index < -0.39 is 5.97 Å². The van der Waals surface area contributed by atoms with Gasteiger partial charge in [0.05, 0.1) is 18.3 Å². The Morgan fingerprint density at radius 3 is 2.79 bits per heavy atom. The molecule has 1 aromatic heterocycles. The van der Waals surface area contributed by atoms with E-state index in [1.54, 1.807) is 20.8 Å². The molecule has 1 aromatic rings. The van der Waals surface area contributed by atoms with Gasteiger partial charge in [0.25, 0.3) is 0 Å². The van der Waals surface area contributed by atoms with Gasteiger partial charge in [0, 0.05) is 0 Å². The average molecular weight is 198 g/mol. The van der Waals surface area contributed by atoms with Gasteiger partial charge in [-0.05, 0) is 20.8 Å². The maximum atomic E-state index is 11.3. The Labute approximate surface area is 82.2 Å². The van der Waals surface area contributed by atoms with Crippen LogP contribution >= 0.6 is 0 Å². The van der Waals surface area contributed by atoms with Crippen molar-refractivity contribution in [1.29, 1.82) is 0 Å². The normalized spacial score (nSPS) is 12.6. The first kappa shape index (κ1) is 10.7. The van der Waals surface area contributed by atoms with Crippen molar-refractivity contribution >= 4 is 5.97 Å². The molecule has 5 nitrogen and oxygen atoms in total. The molecule has 0 radical (unpaired) electrons. The number of rotatable bonds is 3. The molecule has 78 valence electrons. The number of nitrogens with two attached hydrogens (primary N) is 1. The summed E-state index contributed by atoms with van der Waals surface area (Å²) in [6.07, 6.45) is 0. The molecule has 0 bridgehead atoms. The lowest BCUT2D eigenvalue weighted by atomic mass is 10.3. The van der Waals surface area contributed by atoms with Gasteiger partial charge in [-0.25, -0.2) is 9.78 Å². The quantitative estimate of drug-likeness (QED) is 0.738. The fourth-order valence-corrected chi connectivity index (χ4v) is 0.998. The molecule has 0 spiro atoms. The van der Waals surface area contributed by atoms with E-state index >= 15 is 0 Å². The zero-order valence-corrected chi connectivity index (χ0v) is 8.53. The Kier molecular flexibility index (Phi) is 3.24. The van der Waals surface area contributed by atoms with Gasteiger partial charge in [-0.2, -0.15) is 0 Å². The molecule has 0 aliphatic carbocycles. The van der Waals surface area contributed by atoms with Gasteiger partial charge in [0.1, 0.15) is 0 Å². The fourth-order valence-electron chi connectivity index (χ4n) is 0.998. The van der Waals surface area contributed by atoms with Crippen LogP contribution in [0.1, 0.15) is 42.0 Å². The number of hydrogen-bond donors (Lipinski definition) is 1. The molecule has 1 atom stereocenters. The predicted octanol–water partition coefficient (Wildman–Crippen LogP) is 1.18. The smallest absolute Gasteiger partial charge is 0.376 e. The summed E-state index contributed by atoms with van der Waals surface area (Å²) in [6.45, 7) is 5.46. The third-order valence-corrected chi connectivity index (χ3v) is 1.66. The highest BCUT2D eigenvalue weighted by Gasteiger charge is 2.19. The number of nitrogens with zero attached hydrogens (tertiary/aromatic N) is 1. The summed E-state index contributed by atoms with van der Waals surface area (Å²) in [5, 5.41) is 0. The van der Waals surface area contributed by atoms with E-state index in [0.29, 0.717) is 18.2 Å². The number of hydrogen-bond acceptors (Lipinski definition) is 5. The molecule has 0 saturated carbocycles. The van der Waals surface area contributed by atoms with Gasteiger partial charge < -0.3 is 14.9 Å². The van der Waals surface area contributed by atoms with Crippen molar-refractivity contribution in [3.8, 4) is 0 Å². The first-order chi connectivity index (χ1) is 6.56. The Hall–Kier alpha value is -1.36. The van der Waals surface area contributed by atoms with Crippen molar-refractivity contribution in [2.75, 3.05) is 6.61 Å². The Morgan fingerprint density at radius 2 is 2.36 bits per heavy atom. The number of aryl methyl sites for hydroxylation is 1. The first-order valence-corrected chi connectivity index (χ1v) is 4.46. The lowest BCUT2D eigenvalue weighted by molar-refractivity contribution is 0.0486. The van der Waals surface area contributed by atoms with Crippen molar-refractivity contribution in [2.24, 2.45) is 5.73 Å². The van der Waals surface area contributed by atoms with Crippen LogP contribution in [-0.2, 0) is 4.74 Å². The summed E-state index contributed by atoms with van der Waals surface area (Å²) in [7, 11) is 0. The number of ether oxygens (including phenoxy) is 1. The van der Waals surface area contributed by atoms with E-state index in [4.69, 9.17) is 14.9 Å². The van der Waals surface area contributed by atoms with Gasteiger partial charge in [-0.1, -0.05) is 0 Å². The van der Waals surface area contributed by atoms with Crippen LogP contribution in [0.3, 0.4) is 0 Å². The summed E-state index contributed by atoms with van der Waals surface area (Å²) in [4.78, 5) is 15.3. The molecule has 5 heteroatoms. The van der Waals surface area contributed by atoms with Crippen molar-refractivity contribution < 1.29 is 13.9 Å². The second-order valence-corrected chi connectivity index (χ2v) is 2.98. The van der Waals surface area contributed by atoms with E-state index in [-0.39, 0.29) is 11.8 Å². The zero-order valence-electron chi connectivity index (χ0n) is 8.53. The molecule has 1 unspecified atom stereocenters. The molecule has 2 N–H and O–H groups in total. The minimum Gasteiger partial charge on any atom is -0.460 e. The van der Waals surface area contributed by atoms with Gasteiger partial charge in [0.2, 0.25) is 11.7 Å². The van der Waals surface area contributed by atoms with Crippen molar-refractivity contribution in [3.05, 3.63) is 17.3 Å². The Balaban J connectivity index is 2.92. The third kappa shape index (κ3) is 2.11. The van der Waals surface area contributed by atoms with Gasteiger partial charge in [0.15, 0.2) is 0 Å². The standard InChI is InChI=1S/C9H14N2O3/c1-4-13-9(12)7-6(3)11-8(14-7)5(2)10/h5H,4,10H2,1-3H3. The predicted molar refractivity (Wildman–Crippen MR) is 49.8 cm³/mol. The Bertz CT molecular complexity index is 331. The highest BCUT2D eigenvalue weighted by molar-refractivity contribution is 5.87. The van der Waals surface area contributed by atoms with E-state index in [1.807, 2.05) is 0 Å². The molecule has 0 amide bonds. The van der Waals surface area contributed by atoms with Gasteiger partial charge in [-0.15, -0.1) is 0 Å². The van der Waals surface area contributed by atoms with E-state index in [1.165, 1.54) is 0 Å². The summed E-state index contributed by atoms with van der Waals surface area (Å²) < 4.78 is 9.97. The van der Waals surface area contributed by atoms with Crippen LogP contribution in [0.4, 0.5) is 0 Å². The summed E-state index contributed by atoms with van der Waals surface area (Å²) in [5.74, 6) is -0.00546. The summed E-state index contributed by atoms with van der Waals surface area (Å²) in [5.41, 5.74) is 6.07. The lowest BCUT2D eigenvalue weighted by Gasteiger charge is -1.98.